The molecule has 0 spiro atoms. The zero-order valence-electron chi connectivity index (χ0n) is 11.1. The monoisotopic (exact) mass is 286 g/mol. The van der Waals surface area contributed by atoms with Crippen molar-refractivity contribution in [3.63, 3.8) is 0 Å². The minimum Gasteiger partial charge on any atom is -0.384 e. The predicted octanol–water partition coefficient (Wildman–Crippen LogP) is 4.48. The number of benzene rings is 2. The molecule has 0 saturated heterocycles. The van der Waals surface area contributed by atoms with Crippen LogP contribution in [0.4, 0.5) is 11.4 Å². The fourth-order valence-corrected chi connectivity index (χ4v) is 2.05. The lowest BCUT2D eigenvalue weighted by atomic mass is 10.0. The fraction of sp³-hybridized carbons (Fsp3) is 0.125. The molecule has 0 heterocycles. The lowest BCUT2D eigenvalue weighted by molar-refractivity contribution is 0.220. The average Bonchev–Trinajstić information content (AvgIpc) is 2.48. The number of halogens is 1. The van der Waals surface area contributed by atoms with Crippen LogP contribution in [0.1, 0.15) is 24.2 Å². The van der Waals surface area contributed by atoms with Gasteiger partial charge in [-0.25, -0.2) is 0 Å². The van der Waals surface area contributed by atoms with Gasteiger partial charge in [-0.15, -0.1) is 0 Å². The zero-order valence-corrected chi connectivity index (χ0v) is 11.9. The van der Waals surface area contributed by atoms with Crippen LogP contribution < -0.4 is 0 Å². The van der Waals surface area contributed by atoms with E-state index in [1.54, 1.807) is 36.5 Å². The van der Waals surface area contributed by atoms with E-state index >= 15 is 0 Å². The first-order valence-electron chi connectivity index (χ1n) is 6.18. The van der Waals surface area contributed by atoms with Crippen LogP contribution in [0.3, 0.4) is 0 Å². The molecule has 102 valence electrons. The molecule has 2 rings (SSSR count). The lowest BCUT2D eigenvalue weighted by Gasteiger charge is -2.13. The fourth-order valence-electron chi connectivity index (χ4n) is 1.92. The molecule has 20 heavy (non-hydrogen) atoms. The number of rotatable bonds is 4. The zero-order chi connectivity index (χ0) is 14.5. The molecule has 0 aromatic heterocycles. The van der Waals surface area contributed by atoms with E-state index < -0.39 is 6.10 Å². The Bertz CT molecular complexity index is 635. The summed E-state index contributed by atoms with van der Waals surface area (Å²) in [7, 11) is 0. The summed E-state index contributed by atoms with van der Waals surface area (Å²) in [6.07, 6.45) is 0.965. The van der Waals surface area contributed by atoms with E-state index in [-0.39, 0.29) is 0 Å². The summed E-state index contributed by atoms with van der Waals surface area (Å²) >= 11 is 5.84. The van der Waals surface area contributed by atoms with Crippen molar-refractivity contribution >= 4 is 35.9 Å². The van der Waals surface area contributed by atoms with Crippen LogP contribution >= 0.6 is 11.6 Å². The quantitative estimate of drug-likeness (QED) is 0.828. The molecule has 1 unspecified atom stereocenters. The van der Waals surface area contributed by atoms with Gasteiger partial charge in [-0.3, -0.25) is 9.98 Å². The smallest absolute Gasteiger partial charge is 0.104 e. The van der Waals surface area contributed by atoms with Crippen LogP contribution in [0.15, 0.2) is 52.4 Å². The summed E-state index contributed by atoms with van der Waals surface area (Å²) in [5.41, 5.74) is 2.89. The highest BCUT2D eigenvalue weighted by Crippen LogP contribution is 2.32. The topological polar surface area (TPSA) is 45.0 Å². The molecule has 0 bridgehead atoms. The van der Waals surface area contributed by atoms with Crippen LogP contribution in [0, 0.1) is 0 Å². The summed E-state index contributed by atoms with van der Waals surface area (Å²) in [5.74, 6) is 0. The maximum atomic E-state index is 10.4. The lowest BCUT2D eigenvalue weighted by Crippen LogP contribution is -1.99. The third-order valence-corrected chi connectivity index (χ3v) is 3.19. The van der Waals surface area contributed by atoms with Crippen molar-refractivity contribution in [2.45, 2.75) is 13.0 Å². The molecule has 1 N–H and O–H groups in total. The van der Waals surface area contributed by atoms with Crippen molar-refractivity contribution in [3.8, 4) is 0 Å². The molecule has 0 aliphatic rings. The van der Waals surface area contributed by atoms with Crippen LogP contribution in [-0.4, -0.2) is 18.0 Å². The van der Waals surface area contributed by atoms with Gasteiger partial charge < -0.3 is 5.11 Å². The molecule has 0 amide bonds. The Hall–Kier alpha value is -1.97. The second kappa shape index (κ2) is 6.46. The summed E-state index contributed by atoms with van der Waals surface area (Å²) in [4.78, 5) is 8.15. The second-order valence-electron chi connectivity index (χ2n) is 4.25. The van der Waals surface area contributed by atoms with Gasteiger partial charge in [-0.05, 0) is 49.0 Å². The highest BCUT2D eigenvalue weighted by Gasteiger charge is 2.12. The molecule has 0 aliphatic carbocycles. The summed E-state index contributed by atoms with van der Waals surface area (Å²) in [6, 6.07) is 12.5. The number of aliphatic imine (C=N–C) groups is 2. The predicted molar refractivity (Wildman–Crippen MR) is 85.0 cm³/mol. The second-order valence-corrected chi connectivity index (χ2v) is 4.68. The maximum Gasteiger partial charge on any atom is 0.104 e. The minimum atomic E-state index is -0.729. The Labute approximate surface area is 123 Å². The van der Waals surface area contributed by atoms with Gasteiger partial charge in [0.2, 0.25) is 0 Å². The van der Waals surface area contributed by atoms with Crippen LogP contribution in [0.25, 0.3) is 0 Å². The molecule has 2 aromatic carbocycles. The maximum absolute atomic E-state index is 10.4. The molecule has 0 radical (unpaired) electrons. The normalized spacial score (nSPS) is 12.6. The SMILES string of the molecule is C=Nc1cc(C(O)c2ccc(Cl)cc2)ccc1N=CC. The van der Waals surface area contributed by atoms with Gasteiger partial charge in [0.15, 0.2) is 0 Å². The number of aliphatic hydroxyl groups is 1. The summed E-state index contributed by atoms with van der Waals surface area (Å²) < 4.78 is 0. The van der Waals surface area contributed by atoms with E-state index in [0.717, 1.165) is 16.8 Å². The molecule has 1 atom stereocenters. The molecule has 0 aliphatic heterocycles. The standard InChI is InChI=1S/C16H15ClN2O/c1-3-19-14-9-6-12(10-15(14)18-2)16(20)11-4-7-13(17)8-5-11/h3-10,16,20H,2H2,1H3. The Kier molecular flexibility index (Phi) is 4.66. The number of nitrogens with zero attached hydrogens (tertiary/aromatic N) is 2. The van der Waals surface area contributed by atoms with Crippen molar-refractivity contribution in [2.75, 3.05) is 0 Å². The number of hydrogen-bond donors (Lipinski definition) is 1. The van der Waals surface area contributed by atoms with Gasteiger partial charge in [0, 0.05) is 11.2 Å². The van der Waals surface area contributed by atoms with Crippen molar-refractivity contribution < 1.29 is 5.11 Å². The van der Waals surface area contributed by atoms with E-state index in [9.17, 15) is 5.11 Å². The van der Waals surface area contributed by atoms with Crippen LogP contribution in [-0.2, 0) is 0 Å². The molecule has 2 aromatic rings. The largest absolute Gasteiger partial charge is 0.384 e. The Morgan fingerprint density at radius 3 is 2.35 bits per heavy atom. The van der Waals surface area contributed by atoms with Gasteiger partial charge in [-0.1, -0.05) is 29.8 Å². The van der Waals surface area contributed by atoms with E-state index in [2.05, 4.69) is 16.7 Å². The van der Waals surface area contributed by atoms with Crippen LogP contribution in [0.5, 0.6) is 0 Å². The average molecular weight is 287 g/mol. The highest BCUT2D eigenvalue weighted by atomic mass is 35.5. The number of hydrogen-bond acceptors (Lipinski definition) is 3. The van der Waals surface area contributed by atoms with Crippen molar-refractivity contribution in [1.29, 1.82) is 0 Å². The van der Waals surface area contributed by atoms with E-state index in [4.69, 9.17) is 11.6 Å². The molecular weight excluding hydrogens is 272 g/mol. The molecule has 0 saturated carbocycles. The molecule has 0 fully saturated rings. The Morgan fingerprint density at radius 1 is 1.10 bits per heavy atom. The van der Waals surface area contributed by atoms with Gasteiger partial charge in [0.1, 0.15) is 6.10 Å². The van der Waals surface area contributed by atoms with E-state index in [0.29, 0.717) is 10.7 Å². The number of aliphatic hydroxyl groups excluding tert-OH is 1. The van der Waals surface area contributed by atoms with Gasteiger partial charge in [-0.2, -0.15) is 0 Å². The highest BCUT2D eigenvalue weighted by molar-refractivity contribution is 6.30. The summed E-state index contributed by atoms with van der Waals surface area (Å²) in [6.45, 7) is 5.37. The van der Waals surface area contributed by atoms with Crippen molar-refractivity contribution in [2.24, 2.45) is 9.98 Å². The first-order chi connectivity index (χ1) is 9.65. The third-order valence-electron chi connectivity index (χ3n) is 2.94. The van der Waals surface area contributed by atoms with Crippen molar-refractivity contribution in [1.82, 2.24) is 0 Å². The van der Waals surface area contributed by atoms with Gasteiger partial charge in [0.05, 0.1) is 11.4 Å². The first-order valence-corrected chi connectivity index (χ1v) is 6.56. The summed E-state index contributed by atoms with van der Waals surface area (Å²) in [5, 5.41) is 11.0. The Balaban J connectivity index is 2.37. The third kappa shape index (κ3) is 3.13. The molecule has 4 heteroatoms. The molecule has 3 nitrogen and oxygen atoms in total. The first kappa shape index (κ1) is 14.4. The van der Waals surface area contributed by atoms with Crippen molar-refractivity contribution in [3.05, 3.63) is 58.6 Å². The Morgan fingerprint density at radius 2 is 1.75 bits per heavy atom. The van der Waals surface area contributed by atoms with Gasteiger partial charge in [0.25, 0.3) is 0 Å². The molecular formula is C16H15ClN2O. The van der Waals surface area contributed by atoms with Crippen LogP contribution in [0.2, 0.25) is 5.02 Å². The van der Waals surface area contributed by atoms with Gasteiger partial charge >= 0.3 is 0 Å². The van der Waals surface area contributed by atoms with E-state index in [1.807, 2.05) is 19.1 Å². The van der Waals surface area contributed by atoms with E-state index in [1.165, 1.54) is 0 Å². The minimum absolute atomic E-state index is 0.641.